The first kappa shape index (κ1) is 16.9. The smallest absolute Gasteiger partial charge is 0.279 e. The molecule has 1 aliphatic heterocycles. The van der Waals surface area contributed by atoms with Crippen LogP contribution in [0.15, 0.2) is 0 Å². The molecule has 1 unspecified atom stereocenters. The summed E-state index contributed by atoms with van der Waals surface area (Å²) in [5, 5.41) is 3.14. The van der Waals surface area contributed by atoms with Gasteiger partial charge in [0.1, 0.15) is 0 Å². The van der Waals surface area contributed by atoms with Gasteiger partial charge >= 0.3 is 0 Å². The lowest BCUT2D eigenvalue weighted by molar-refractivity contribution is 0.254. The van der Waals surface area contributed by atoms with Crippen LogP contribution in [-0.4, -0.2) is 44.9 Å². The average molecular weight is 291 g/mol. The Labute approximate surface area is 118 Å². The Hall–Kier alpha value is -0.170. The minimum Gasteiger partial charge on any atom is -0.319 e. The van der Waals surface area contributed by atoms with Crippen LogP contribution in [-0.2, 0) is 10.2 Å². The van der Waals surface area contributed by atoms with E-state index in [1.165, 1.54) is 0 Å². The van der Waals surface area contributed by atoms with E-state index in [1.807, 2.05) is 27.8 Å². The first-order chi connectivity index (χ1) is 8.87. The highest BCUT2D eigenvalue weighted by atomic mass is 32.2. The zero-order valence-corrected chi connectivity index (χ0v) is 13.5. The predicted molar refractivity (Wildman–Crippen MR) is 79.3 cm³/mol. The minimum absolute atomic E-state index is 0.339. The van der Waals surface area contributed by atoms with Crippen molar-refractivity contribution < 1.29 is 8.42 Å². The van der Waals surface area contributed by atoms with E-state index in [0.717, 1.165) is 32.2 Å². The summed E-state index contributed by atoms with van der Waals surface area (Å²) in [4.78, 5) is 0. The van der Waals surface area contributed by atoms with Crippen molar-refractivity contribution in [2.45, 2.75) is 52.0 Å². The van der Waals surface area contributed by atoms with E-state index in [2.05, 4.69) is 10.0 Å². The maximum absolute atomic E-state index is 12.5. The molecule has 5 nitrogen and oxygen atoms in total. The molecule has 6 heteroatoms. The molecule has 0 aromatic heterocycles. The van der Waals surface area contributed by atoms with Gasteiger partial charge in [-0.3, -0.25) is 0 Å². The highest BCUT2D eigenvalue weighted by Gasteiger charge is 2.33. The summed E-state index contributed by atoms with van der Waals surface area (Å²) >= 11 is 0. The minimum atomic E-state index is -3.36. The second-order valence-corrected chi connectivity index (χ2v) is 7.47. The van der Waals surface area contributed by atoms with Crippen LogP contribution in [0.3, 0.4) is 0 Å². The molecule has 0 aromatic rings. The van der Waals surface area contributed by atoms with Crippen molar-refractivity contribution in [3.8, 4) is 0 Å². The van der Waals surface area contributed by atoms with E-state index in [4.69, 9.17) is 0 Å². The van der Waals surface area contributed by atoms with Crippen molar-refractivity contribution in [3.63, 3.8) is 0 Å². The van der Waals surface area contributed by atoms with Gasteiger partial charge in [0, 0.05) is 18.6 Å². The van der Waals surface area contributed by atoms with Crippen molar-refractivity contribution >= 4 is 10.2 Å². The van der Waals surface area contributed by atoms with Gasteiger partial charge in [-0.1, -0.05) is 13.8 Å². The van der Waals surface area contributed by atoms with E-state index in [9.17, 15) is 8.42 Å². The second-order valence-electron chi connectivity index (χ2n) is 5.80. The Morgan fingerprint density at radius 2 is 1.95 bits per heavy atom. The molecule has 2 N–H and O–H groups in total. The van der Waals surface area contributed by atoms with Gasteiger partial charge in [-0.25, -0.2) is 0 Å². The molecule has 1 aliphatic rings. The summed E-state index contributed by atoms with van der Waals surface area (Å²) in [6.45, 7) is 8.15. The molecule has 1 rings (SSSR count). The molecule has 0 aromatic carbocycles. The molecule has 0 spiro atoms. The molecule has 1 atom stereocenters. The summed E-state index contributed by atoms with van der Waals surface area (Å²) in [6.07, 6.45) is 3.65. The molecule has 1 saturated heterocycles. The monoisotopic (exact) mass is 291 g/mol. The summed E-state index contributed by atoms with van der Waals surface area (Å²) in [5.74, 6) is 0.421. The van der Waals surface area contributed by atoms with Gasteiger partial charge in [0.25, 0.3) is 10.2 Å². The normalized spacial score (nSPS) is 22.6. The van der Waals surface area contributed by atoms with Crippen LogP contribution in [0.25, 0.3) is 0 Å². The quantitative estimate of drug-likeness (QED) is 0.744. The lowest BCUT2D eigenvalue weighted by atomic mass is 9.98. The Balaban J connectivity index is 2.71. The van der Waals surface area contributed by atoms with Gasteiger partial charge in [0.2, 0.25) is 0 Å². The van der Waals surface area contributed by atoms with Gasteiger partial charge in [0.05, 0.1) is 0 Å². The topological polar surface area (TPSA) is 61.4 Å². The van der Waals surface area contributed by atoms with E-state index in [0.29, 0.717) is 19.0 Å². The largest absolute Gasteiger partial charge is 0.319 e. The summed E-state index contributed by atoms with van der Waals surface area (Å²) in [6, 6.07) is 0. The molecule has 0 amide bonds. The summed E-state index contributed by atoms with van der Waals surface area (Å²) in [7, 11) is -1.45. The first-order valence-corrected chi connectivity index (χ1v) is 8.74. The van der Waals surface area contributed by atoms with Gasteiger partial charge in [-0.2, -0.15) is 17.4 Å². The standard InChI is InChI=1S/C13H29N3O2S/c1-5-13(3,6-2)15-19(17,18)16-9-7-8-12(11-16)10-14-4/h12,14-15H,5-11H2,1-4H3. The Bertz CT molecular complexity index is 364. The Morgan fingerprint density at radius 1 is 1.32 bits per heavy atom. The number of hydrogen-bond donors (Lipinski definition) is 2. The van der Waals surface area contributed by atoms with Crippen LogP contribution in [0, 0.1) is 5.92 Å². The number of nitrogens with one attached hydrogen (secondary N) is 2. The van der Waals surface area contributed by atoms with Crippen molar-refractivity contribution in [3.05, 3.63) is 0 Å². The molecule has 114 valence electrons. The Morgan fingerprint density at radius 3 is 2.47 bits per heavy atom. The van der Waals surface area contributed by atoms with E-state index >= 15 is 0 Å². The number of nitrogens with zero attached hydrogens (tertiary/aromatic N) is 1. The maximum atomic E-state index is 12.5. The SMILES string of the molecule is CCC(C)(CC)NS(=O)(=O)N1CCCC(CNC)C1. The van der Waals surface area contributed by atoms with Crippen molar-refractivity contribution in [2.75, 3.05) is 26.7 Å². The molecule has 1 heterocycles. The molecule has 0 bridgehead atoms. The third kappa shape index (κ3) is 4.70. The molecule has 19 heavy (non-hydrogen) atoms. The second kappa shape index (κ2) is 7.02. The van der Waals surface area contributed by atoms with Crippen LogP contribution in [0.4, 0.5) is 0 Å². The summed E-state index contributed by atoms with van der Waals surface area (Å²) in [5.41, 5.74) is -0.339. The van der Waals surface area contributed by atoms with Crippen LogP contribution in [0.2, 0.25) is 0 Å². The fourth-order valence-electron chi connectivity index (χ4n) is 2.47. The maximum Gasteiger partial charge on any atom is 0.279 e. The van der Waals surface area contributed by atoms with Crippen LogP contribution in [0.5, 0.6) is 0 Å². The number of rotatable bonds is 7. The molecule has 1 fully saturated rings. The Kier molecular flexibility index (Phi) is 6.23. The molecular formula is C13H29N3O2S. The number of hydrogen-bond acceptors (Lipinski definition) is 3. The number of piperidine rings is 1. The lowest BCUT2D eigenvalue weighted by Gasteiger charge is -2.36. The molecule has 0 radical (unpaired) electrons. The molecule has 0 saturated carbocycles. The zero-order chi connectivity index (χ0) is 14.5. The fraction of sp³-hybridized carbons (Fsp3) is 1.00. The van der Waals surface area contributed by atoms with E-state index in [-0.39, 0.29) is 5.54 Å². The lowest BCUT2D eigenvalue weighted by Crippen LogP contribution is -2.54. The highest BCUT2D eigenvalue weighted by Crippen LogP contribution is 2.21. The zero-order valence-electron chi connectivity index (χ0n) is 12.7. The fourth-order valence-corrected chi connectivity index (χ4v) is 4.29. The van der Waals surface area contributed by atoms with E-state index < -0.39 is 10.2 Å². The van der Waals surface area contributed by atoms with Crippen LogP contribution in [0.1, 0.15) is 46.5 Å². The summed E-state index contributed by atoms with van der Waals surface area (Å²) < 4.78 is 29.4. The average Bonchev–Trinajstić information content (AvgIpc) is 2.39. The third-order valence-electron chi connectivity index (χ3n) is 4.25. The molecule has 0 aliphatic carbocycles. The first-order valence-electron chi connectivity index (χ1n) is 7.30. The van der Waals surface area contributed by atoms with Gasteiger partial charge in [-0.15, -0.1) is 0 Å². The van der Waals surface area contributed by atoms with E-state index in [1.54, 1.807) is 4.31 Å². The van der Waals surface area contributed by atoms with Crippen molar-refractivity contribution in [1.82, 2.24) is 14.3 Å². The molecular weight excluding hydrogens is 262 g/mol. The van der Waals surface area contributed by atoms with Crippen LogP contribution < -0.4 is 10.0 Å². The van der Waals surface area contributed by atoms with Crippen molar-refractivity contribution in [1.29, 1.82) is 0 Å². The van der Waals surface area contributed by atoms with Gasteiger partial charge in [0.15, 0.2) is 0 Å². The third-order valence-corrected chi connectivity index (χ3v) is 6.01. The van der Waals surface area contributed by atoms with Crippen molar-refractivity contribution in [2.24, 2.45) is 5.92 Å². The predicted octanol–water partition coefficient (Wildman–Crippen LogP) is 1.33. The van der Waals surface area contributed by atoms with Crippen LogP contribution >= 0.6 is 0 Å². The highest BCUT2D eigenvalue weighted by molar-refractivity contribution is 7.87. The van der Waals surface area contributed by atoms with Gasteiger partial charge in [-0.05, 0) is 52.1 Å². The van der Waals surface area contributed by atoms with Gasteiger partial charge < -0.3 is 5.32 Å².